The van der Waals surface area contributed by atoms with E-state index in [4.69, 9.17) is 16.3 Å². The van der Waals surface area contributed by atoms with Crippen molar-refractivity contribution < 1.29 is 9.53 Å². The Morgan fingerprint density at radius 1 is 1.15 bits per heavy atom. The molecule has 1 N–H and O–H groups in total. The molecule has 27 heavy (non-hydrogen) atoms. The first-order valence-electron chi connectivity index (χ1n) is 8.25. The summed E-state index contributed by atoms with van der Waals surface area (Å²) >= 11 is 5.79. The van der Waals surface area contributed by atoms with Gasteiger partial charge < -0.3 is 10.1 Å². The average molecular weight is 385 g/mol. The van der Waals surface area contributed by atoms with Crippen molar-refractivity contribution in [3.63, 3.8) is 0 Å². The van der Waals surface area contributed by atoms with Crippen LogP contribution in [0.2, 0.25) is 5.02 Å². The Bertz CT molecular complexity index is 959. The van der Waals surface area contributed by atoms with Crippen LogP contribution < -0.4 is 15.6 Å². The number of ether oxygens (including phenoxy) is 1. The maximum absolute atomic E-state index is 12.0. The van der Waals surface area contributed by atoms with Crippen LogP contribution in [-0.2, 0) is 11.3 Å². The normalized spacial score (nSPS) is 10.4. The van der Waals surface area contributed by atoms with E-state index in [-0.39, 0.29) is 31.2 Å². The van der Waals surface area contributed by atoms with Gasteiger partial charge in [0, 0.05) is 35.6 Å². The highest BCUT2D eigenvalue weighted by Gasteiger charge is 2.06. The molecule has 0 fully saturated rings. The zero-order chi connectivity index (χ0) is 19.1. The average Bonchev–Trinajstić information content (AvgIpc) is 2.69. The number of rotatable bonds is 7. The van der Waals surface area contributed by atoms with Crippen molar-refractivity contribution >= 4 is 17.5 Å². The Labute approximate surface area is 160 Å². The van der Waals surface area contributed by atoms with Crippen LogP contribution in [0.5, 0.6) is 5.75 Å². The van der Waals surface area contributed by atoms with Gasteiger partial charge >= 0.3 is 0 Å². The van der Waals surface area contributed by atoms with E-state index >= 15 is 0 Å². The Kier molecular flexibility index (Phi) is 6.17. The number of nitrogens with zero attached hydrogens (tertiary/aromatic N) is 3. The van der Waals surface area contributed by atoms with Gasteiger partial charge in [-0.25, -0.2) is 4.68 Å². The van der Waals surface area contributed by atoms with Crippen molar-refractivity contribution in [1.82, 2.24) is 20.1 Å². The number of hydrogen-bond donors (Lipinski definition) is 1. The molecule has 138 valence electrons. The summed E-state index contributed by atoms with van der Waals surface area (Å²) in [6, 6.07) is 13.5. The smallest absolute Gasteiger partial charge is 0.266 e. The number of aromatic nitrogens is 3. The lowest BCUT2D eigenvalue weighted by molar-refractivity contribution is -0.123. The van der Waals surface area contributed by atoms with Gasteiger partial charge in [0.1, 0.15) is 5.75 Å². The highest BCUT2D eigenvalue weighted by Crippen LogP contribution is 2.15. The highest BCUT2D eigenvalue weighted by atomic mass is 35.5. The first-order valence-corrected chi connectivity index (χ1v) is 8.63. The van der Waals surface area contributed by atoms with Gasteiger partial charge in [-0.3, -0.25) is 14.6 Å². The molecule has 0 saturated carbocycles. The lowest BCUT2D eigenvalue weighted by Gasteiger charge is -2.09. The molecule has 3 rings (SSSR count). The fraction of sp³-hybridized carbons (Fsp3) is 0.158. The summed E-state index contributed by atoms with van der Waals surface area (Å²) < 4.78 is 6.67. The number of hydrogen-bond acceptors (Lipinski definition) is 5. The zero-order valence-electron chi connectivity index (χ0n) is 14.3. The van der Waals surface area contributed by atoms with Gasteiger partial charge in [0.05, 0.1) is 12.2 Å². The predicted octanol–water partition coefficient (Wildman–Crippen LogP) is 2.15. The van der Waals surface area contributed by atoms with Crippen molar-refractivity contribution in [3.05, 3.63) is 76.3 Å². The summed E-state index contributed by atoms with van der Waals surface area (Å²) in [5.74, 6) is 0.262. The summed E-state index contributed by atoms with van der Waals surface area (Å²) in [6.45, 7) is 0.380. The van der Waals surface area contributed by atoms with E-state index in [0.717, 1.165) is 5.56 Å². The first kappa shape index (κ1) is 18.6. The molecule has 0 atom stereocenters. The molecule has 0 radical (unpaired) electrons. The minimum absolute atomic E-state index is 0.125. The second-order valence-corrected chi connectivity index (χ2v) is 6.05. The van der Waals surface area contributed by atoms with Crippen LogP contribution in [0, 0.1) is 0 Å². The number of carbonyl (C=O) groups excluding carboxylic acids is 1. The van der Waals surface area contributed by atoms with Gasteiger partial charge in [-0.1, -0.05) is 11.6 Å². The molecule has 0 bridgehead atoms. The molecule has 1 amide bonds. The molecular formula is C19H17ClN4O3. The number of carbonyl (C=O) groups is 1. The minimum Gasteiger partial charge on any atom is -0.484 e. The largest absolute Gasteiger partial charge is 0.484 e. The molecule has 0 spiro atoms. The third-order valence-electron chi connectivity index (χ3n) is 3.65. The third kappa shape index (κ3) is 5.39. The van der Waals surface area contributed by atoms with Crippen LogP contribution in [0.1, 0.15) is 0 Å². The van der Waals surface area contributed by atoms with E-state index in [1.807, 2.05) is 6.07 Å². The topological polar surface area (TPSA) is 86.1 Å². The first-order chi connectivity index (χ1) is 13.1. The van der Waals surface area contributed by atoms with Gasteiger partial charge in [-0.2, -0.15) is 5.10 Å². The standard InChI is InChI=1S/C19H17ClN4O3/c20-15-3-5-16(6-4-15)27-13-18(25)22-10-11-24-19(26)8-7-17(23-24)14-2-1-9-21-12-14/h1-9,12H,10-11,13H2,(H,22,25). The van der Waals surface area contributed by atoms with E-state index in [1.165, 1.54) is 10.7 Å². The Balaban J connectivity index is 1.51. The molecule has 0 aliphatic carbocycles. The monoisotopic (exact) mass is 384 g/mol. The summed E-state index contributed by atoms with van der Waals surface area (Å²) in [5.41, 5.74) is 1.21. The minimum atomic E-state index is -0.290. The van der Waals surface area contributed by atoms with Crippen molar-refractivity contribution in [2.24, 2.45) is 0 Å². The summed E-state index contributed by atoms with van der Waals surface area (Å²) in [6.07, 6.45) is 3.34. The molecule has 0 unspecified atom stereocenters. The van der Waals surface area contributed by atoms with E-state index in [2.05, 4.69) is 15.4 Å². The SMILES string of the molecule is O=C(COc1ccc(Cl)cc1)NCCn1nc(-c2cccnc2)ccc1=O. The molecule has 2 aromatic heterocycles. The quantitative estimate of drug-likeness (QED) is 0.674. The maximum Gasteiger partial charge on any atom is 0.266 e. The Morgan fingerprint density at radius 2 is 1.96 bits per heavy atom. The van der Waals surface area contributed by atoms with Crippen molar-refractivity contribution in [2.75, 3.05) is 13.2 Å². The van der Waals surface area contributed by atoms with Crippen molar-refractivity contribution in [3.8, 4) is 17.0 Å². The number of halogens is 1. The van der Waals surface area contributed by atoms with Crippen LogP contribution in [0.15, 0.2) is 65.7 Å². The fourth-order valence-corrected chi connectivity index (χ4v) is 2.44. The molecule has 2 heterocycles. The lowest BCUT2D eigenvalue weighted by atomic mass is 10.2. The van der Waals surface area contributed by atoms with Crippen LogP contribution in [0.4, 0.5) is 0 Å². The summed E-state index contributed by atoms with van der Waals surface area (Å²) in [5, 5.41) is 7.60. The highest BCUT2D eigenvalue weighted by molar-refractivity contribution is 6.30. The third-order valence-corrected chi connectivity index (χ3v) is 3.91. The number of benzene rings is 1. The molecule has 0 saturated heterocycles. The number of pyridine rings is 1. The molecule has 1 aromatic carbocycles. The van der Waals surface area contributed by atoms with E-state index in [0.29, 0.717) is 16.5 Å². The number of nitrogens with one attached hydrogen (secondary N) is 1. The molecule has 8 heteroatoms. The summed E-state index contributed by atoms with van der Waals surface area (Å²) in [4.78, 5) is 27.9. The lowest BCUT2D eigenvalue weighted by Crippen LogP contribution is -2.34. The van der Waals surface area contributed by atoms with Crippen LogP contribution in [0.25, 0.3) is 11.3 Å². The van der Waals surface area contributed by atoms with E-state index < -0.39 is 0 Å². The number of amides is 1. The van der Waals surface area contributed by atoms with Crippen LogP contribution in [0.3, 0.4) is 0 Å². The molecule has 0 aliphatic heterocycles. The van der Waals surface area contributed by atoms with E-state index in [1.54, 1.807) is 48.8 Å². The van der Waals surface area contributed by atoms with E-state index in [9.17, 15) is 9.59 Å². The zero-order valence-corrected chi connectivity index (χ0v) is 15.1. The molecule has 7 nitrogen and oxygen atoms in total. The predicted molar refractivity (Wildman–Crippen MR) is 102 cm³/mol. The second kappa shape index (κ2) is 8.95. The fourth-order valence-electron chi connectivity index (χ4n) is 2.31. The van der Waals surface area contributed by atoms with Gasteiger partial charge in [-0.15, -0.1) is 0 Å². The van der Waals surface area contributed by atoms with Gasteiger partial charge in [0.2, 0.25) is 0 Å². The maximum atomic E-state index is 12.0. The second-order valence-electron chi connectivity index (χ2n) is 5.61. The molecular weight excluding hydrogens is 368 g/mol. The van der Waals surface area contributed by atoms with Gasteiger partial charge in [0.15, 0.2) is 6.61 Å². The van der Waals surface area contributed by atoms with Gasteiger partial charge in [-0.05, 0) is 42.5 Å². The summed E-state index contributed by atoms with van der Waals surface area (Å²) in [7, 11) is 0. The van der Waals surface area contributed by atoms with Crippen molar-refractivity contribution in [1.29, 1.82) is 0 Å². The molecule has 3 aromatic rings. The van der Waals surface area contributed by atoms with Crippen molar-refractivity contribution in [2.45, 2.75) is 6.54 Å². The van der Waals surface area contributed by atoms with Crippen LogP contribution >= 0.6 is 11.6 Å². The Morgan fingerprint density at radius 3 is 2.70 bits per heavy atom. The van der Waals surface area contributed by atoms with Crippen LogP contribution in [-0.4, -0.2) is 33.8 Å². The molecule has 0 aliphatic rings. The van der Waals surface area contributed by atoms with Gasteiger partial charge in [0.25, 0.3) is 11.5 Å². The Hall–Kier alpha value is -3.19.